The van der Waals surface area contributed by atoms with E-state index in [1.807, 2.05) is 35.2 Å². The molecule has 2 aromatic rings. The Morgan fingerprint density at radius 3 is 2.28 bits per heavy atom. The largest absolute Gasteiger partial charge is 0.338 e. The van der Waals surface area contributed by atoms with Gasteiger partial charge < -0.3 is 10.2 Å². The second-order valence-electron chi connectivity index (χ2n) is 6.36. The van der Waals surface area contributed by atoms with Gasteiger partial charge in [-0.2, -0.15) is 0 Å². The minimum atomic E-state index is -0.208. The normalized spacial score (nSPS) is 15.2. The zero-order valence-corrected chi connectivity index (χ0v) is 14.3. The molecule has 5 heteroatoms. The van der Waals surface area contributed by atoms with E-state index in [0.29, 0.717) is 6.54 Å². The first kappa shape index (κ1) is 17.4. The van der Waals surface area contributed by atoms with E-state index < -0.39 is 0 Å². The van der Waals surface area contributed by atoms with E-state index in [2.05, 4.69) is 22.3 Å². The van der Waals surface area contributed by atoms with E-state index >= 15 is 0 Å². The summed E-state index contributed by atoms with van der Waals surface area (Å²) >= 11 is 0. The quantitative estimate of drug-likeness (QED) is 0.908. The Morgan fingerprint density at radius 1 is 0.920 bits per heavy atom. The maximum Gasteiger partial charge on any atom is 0.317 e. The lowest BCUT2D eigenvalue weighted by Crippen LogP contribution is -2.51. The summed E-state index contributed by atoms with van der Waals surface area (Å²) in [5.41, 5.74) is 2.33. The van der Waals surface area contributed by atoms with Gasteiger partial charge in [-0.25, -0.2) is 9.18 Å². The van der Waals surface area contributed by atoms with Crippen molar-refractivity contribution in [1.82, 2.24) is 15.1 Å². The smallest absolute Gasteiger partial charge is 0.317 e. The molecule has 0 bridgehead atoms. The van der Waals surface area contributed by atoms with Gasteiger partial charge in [-0.05, 0) is 29.7 Å². The molecule has 2 amide bonds. The second-order valence-corrected chi connectivity index (χ2v) is 6.36. The SMILES string of the molecule is O=C(NCCc1ccccc1)N1CCN(Cc2ccc(F)cc2)CC1. The summed E-state index contributed by atoms with van der Waals surface area (Å²) in [7, 11) is 0. The Hall–Kier alpha value is -2.40. The van der Waals surface area contributed by atoms with E-state index in [4.69, 9.17) is 0 Å². The molecule has 25 heavy (non-hydrogen) atoms. The van der Waals surface area contributed by atoms with Crippen LogP contribution in [0.15, 0.2) is 54.6 Å². The summed E-state index contributed by atoms with van der Waals surface area (Å²) in [6.07, 6.45) is 0.844. The van der Waals surface area contributed by atoms with Gasteiger partial charge in [0.2, 0.25) is 0 Å². The van der Waals surface area contributed by atoms with Crippen LogP contribution in [0.1, 0.15) is 11.1 Å². The van der Waals surface area contributed by atoms with Crippen LogP contribution in [0.25, 0.3) is 0 Å². The molecule has 4 nitrogen and oxygen atoms in total. The molecule has 0 spiro atoms. The maximum atomic E-state index is 13.0. The van der Waals surface area contributed by atoms with Gasteiger partial charge in [0.25, 0.3) is 0 Å². The summed E-state index contributed by atoms with van der Waals surface area (Å²) in [6.45, 7) is 4.56. The first-order chi connectivity index (χ1) is 12.2. The predicted molar refractivity (Wildman–Crippen MR) is 96.8 cm³/mol. The Kier molecular flexibility index (Phi) is 6.01. The second kappa shape index (κ2) is 8.62. The van der Waals surface area contributed by atoms with E-state index in [1.165, 1.54) is 17.7 Å². The lowest BCUT2D eigenvalue weighted by Gasteiger charge is -2.34. The molecular formula is C20H24FN3O. The van der Waals surface area contributed by atoms with Gasteiger partial charge >= 0.3 is 6.03 Å². The van der Waals surface area contributed by atoms with Crippen LogP contribution < -0.4 is 5.32 Å². The molecule has 3 rings (SSSR count). The highest BCUT2D eigenvalue weighted by Crippen LogP contribution is 2.10. The van der Waals surface area contributed by atoms with Gasteiger partial charge in [0.05, 0.1) is 0 Å². The summed E-state index contributed by atoms with van der Waals surface area (Å²) in [5.74, 6) is -0.208. The first-order valence-electron chi connectivity index (χ1n) is 8.74. The number of hydrogen-bond acceptors (Lipinski definition) is 2. The number of amides is 2. The third-order valence-corrected chi connectivity index (χ3v) is 4.51. The average molecular weight is 341 g/mol. The number of rotatable bonds is 5. The zero-order valence-electron chi connectivity index (χ0n) is 14.3. The number of benzene rings is 2. The summed E-state index contributed by atoms with van der Waals surface area (Å²) in [5, 5.41) is 3.00. The van der Waals surface area contributed by atoms with Crippen molar-refractivity contribution in [2.24, 2.45) is 0 Å². The van der Waals surface area contributed by atoms with E-state index in [-0.39, 0.29) is 11.8 Å². The van der Waals surface area contributed by atoms with Crippen molar-refractivity contribution in [2.45, 2.75) is 13.0 Å². The van der Waals surface area contributed by atoms with Crippen molar-refractivity contribution in [3.05, 3.63) is 71.5 Å². The van der Waals surface area contributed by atoms with Crippen molar-refractivity contribution in [3.8, 4) is 0 Å². The van der Waals surface area contributed by atoms with Crippen LogP contribution in [0.2, 0.25) is 0 Å². The molecular weight excluding hydrogens is 317 g/mol. The van der Waals surface area contributed by atoms with Crippen molar-refractivity contribution in [3.63, 3.8) is 0 Å². The molecule has 1 heterocycles. The number of halogens is 1. The lowest BCUT2D eigenvalue weighted by molar-refractivity contribution is 0.135. The average Bonchev–Trinajstić information content (AvgIpc) is 2.65. The summed E-state index contributed by atoms with van der Waals surface area (Å²) in [6, 6.07) is 16.8. The topological polar surface area (TPSA) is 35.6 Å². The molecule has 132 valence electrons. The molecule has 0 radical (unpaired) electrons. The Labute approximate surface area is 148 Å². The summed E-state index contributed by atoms with van der Waals surface area (Å²) in [4.78, 5) is 16.4. The van der Waals surface area contributed by atoms with Gasteiger partial charge in [0.15, 0.2) is 0 Å². The van der Waals surface area contributed by atoms with Crippen LogP contribution in [0.3, 0.4) is 0 Å². The first-order valence-corrected chi connectivity index (χ1v) is 8.74. The molecule has 0 aromatic heterocycles. The highest BCUT2D eigenvalue weighted by molar-refractivity contribution is 5.74. The standard InChI is InChI=1S/C20H24FN3O/c21-19-8-6-18(7-9-19)16-23-12-14-24(15-13-23)20(25)22-11-10-17-4-2-1-3-5-17/h1-9H,10-16H2,(H,22,25). The molecule has 1 saturated heterocycles. The highest BCUT2D eigenvalue weighted by Gasteiger charge is 2.20. The molecule has 1 N–H and O–H groups in total. The fraction of sp³-hybridized carbons (Fsp3) is 0.350. The van der Waals surface area contributed by atoms with Crippen LogP contribution >= 0.6 is 0 Å². The number of urea groups is 1. The van der Waals surface area contributed by atoms with Crippen LogP contribution in [0, 0.1) is 5.82 Å². The number of hydrogen-bond donors (Lipinski definition) is 1. The molecule has 1 aliphatic heterocycles. The third-order valence-electron chi connectivity index (χ3n) is 4.51. The molecule has 0 atom stereocenters. The monoisotopic (exact) mass is 341 g/mol. The van der Waals surface area contributed by atoms with Gasteiger partial charge in [0, 0.05) is 39.3 Å². The predicted octanol–water partition coefficient (Wildman–Crippen LogP) is 2.90. The van der Waals surface area contributed by atoms with Crippen molar-refractivity contribution < 1.29 is 9.18 Å². The number of carbonyl (C=O) groups is 1. The molecule has 0 saturated carbocycles. The number of piperazine rings is 1. The number of carbonyl (C=O) groups excluding carboxylic acids is 1. The molecule has 2 aromatic carbocycles. The van der Waals surface area contributed by atoms with Gasteiger partial charge in [-0.1, -0.05) is 42.5 Å². The minimum absolute atomic E-state index is 0.0114. The number of nitrogens with one attached hydrogen (secondary N) is 1. The fourth-order valence-electron chi connectivity index (χ4n) is 3.03. The molecule has 0 unspecified atom stereocenters. The van der Waals surface area contributed by atoms with E-state index in [9.17, 15) is 9.18 Å². The third kappa shape index (κ3) is 5.29. The van der Waals surface area contributed by atoms with Gasteiger partial charge in [-0.15, -0.1) is 0 Å². The molecule has 1 fully saturated rings. The Balaban J connectivity index is 1.38. The molecule has 0 aliphatic carbocycles. The van der Waals surface area contributed by atoms with Crippen molar-refractivity contribution in [1.29, 1.82) is 0 Å². The Morgan fingerprint density at radius 2 is 1.60 bits per heavy atom. The zero-order chi connectivity index (χ0) is 17.5. The van der Waals surface area contributed by atoms with Crippen LogP contribution in [0.5, 0.6) is 0 Å². The maximum absolute atomic E-state index is 13.0. The number of nitrogens with zero attached hydrogens (tertiary/aromatic N) is 2. The van der Waals surface area contributed by atoms with Crippen LogP contribution in [-0.4, -0.2) is 48.6 Å². The van der Waals surface area contributed by atoms with Gasteiger partial charge in [0.1, 0.15) is 5.82 Å². The molecule has 1 aliphatic rings. The summed E-state index contributed by atoms with van der Waals surface area (Å²) < 4.78 is 13.0. The van der Waals surface area contributed by atoms with Gasteiger partial charge in [-0.3, -0.25) is 4.90 Å². The van der Waals surface area contributed by atoms with Crippen LogP contribution in [-0.2, 0) is 13.0 Å². The fourth-order valence-corrected chi connectivity index (χ4v) is 3.03. The highest BCUT2D eigenvalue weighted by atomic mass is 19.1. The minimum Gasteiger partial charge on any atom is -0.338 e. The lowest BCUT2D eigenvalue weighted by atomic mass is 10.1. The van der Waals surface area contributed by atoms with Crippen molar-refractivity contribution >= 4 is 6.03 Å². The van der Waals surface area contributed by atoms with E-state index in [1.54, 1.807) is 0 Å². The van der Waals surface area contributed by atoms with E-state index in [0.717, 1.165) is 44.7 Å². The van der Waals surface area contributed by atoms with Crippen LogP contribution in [0.4, 0.5) is 9.18 Å². The Bertz CT molecular complexity index is 667. The van der Waals surface area contributed by atoms with Crippen molar-refractivity contribution in [2.75, 3.05) is 32.7 Å².